The number of nitrogens with zero attached hydrogens (tertiary/aromatic N) is 2. The third kappa shape index (κ3) is 1.34. The molecule has 0 saturated heterocycles. The van der Waals surface area contributed by atoms with Crippen molar-refractivity contribution >= 4 is 10.0 Å². The molecular weight excluding hydrogens is 202 g/mol. The van der Waals surface area contributed by atoms with Gasteiger partial charge in [0.2, 0.25) is 10.0 Å². The lowest BCUT2D eigenvalue weighted by Gasteiger charge is -2.13. The van der Waals surface area contributed by atoms with E-state index in [2.05, 4.69) is 10.2 Å². The molecule has 0 aliphatic carbocycles. The summed E-state index contributed by atoms with van der Waals surface area (Å²) in [5.74, 6) is 0.153. The van der Waals surface area contributed by atoms with E-state index in [1.807, 2.05) is 6.92 Å². The van der Waals surface area contributed by atoms with Crippen LogP contribution in [-0.2, 0) is 23.1 Å². The molecule has 0 unspecified atom stereocenters. The van der Waals surface area contributed by atoms with Gasteiger partial charge in [0.05, 0.1) is 18.0 Å². The Hall–Kier alpha value is -0.880. The van der Waals surface area contributed by atoms with Gasteiger partial charge in [0.15, 0.2) is 0 Å². The van der Waals surface area contributed by atoms with Gasteiger partial charge >= 0.3 is 0 Å². The first kappa shape index (κ1) is 9.67. The lowest BCUT2D eigenvalue weighted by Crippen LogP contribution is -2.27. The fraction of sp³-hybridized carbons (Fsp3) is 0.625. The number of H-pyrrole nitrogens is 1. The quantitative estimate of drug-likeness (QED) is 0.775. The van der Waals surface area contributed by atoms with E-state index in [9.17, 15) is 8.42 Å². The second-order valence-corrected chi connectivity index (χ2v) is 5.70. The highest BCUT2D eigenvalue weighted by Gasteiger charge is 2.30. The topological polar surface area (TPSA) is 66.1 Å². The molecule has 78 valence electrons. The number of rotatable bonds is 2. The van der Waals surface area contributed by atoms with Gasteiger partial charge in [-0.2, -0.15) is 9.40 Å². The molecule has 0 fully saturated rings. The highest BCUT2D eigenvalue weighted by Crippen LogP contribution is 2.25. The van der Waals surface area contributed by atoms with Gasteiger partial charge in [-0.1, -0.05) is 0 Å². The molecule has 0 spiro atoms. The Morgan fingerprint density at radius 2 is 2.21 bits per heavy atom. The third-order valence-electron chi connectivity index (χ3n) is 2.58. The van der Waals surface area contributed by atoms with Crippen LogP contribution < -0.4 is 0 Å². The van der Waals surface area contributed by atoms with Gasteiger partial charge in [0.25, 0.3) is 0 Å². The Morgan fingerprint density at radius 1 is 1.50 bits per heavy atom. The second-order valence-electron chi connectivity index (χ2n) is 3.44. The highest BCUT2D eigenvalue weighted by molar-refractivity contribution is 7.89. The minimum absolute atomic E-state index is 0.153. The summed E-state index contributed by atoms with van der Waals surface area (Å²) < 4.78 is 24.6. The number of hydrogen-bond donors (Lipinski definition) is 1. The molecule has 0 atom stereocenters. The number of sulfonamides is 1. The molecule has 1 aliphatic rings. The summed E-state index contributed by atoms with van der Waals surface area (Å²) in [5.41, 5.74) is 2.86. The van der Waals surface area contributed by atoms with Crippen LogP contribution in [-0.4, -0.2) is 28.7 Å². The van der Waals surface area contributed by atoms with Crippen molar-refractivity contribution in [3.05, 3.63) is 17.0 Å². The van der Waals surface area contributed by atoms with E-state index in [4.69, 9.17) is 0 Å². The van der Waals surface area contributed by atoms with Crippen LogP contribution in [0.5, 0.6) is 0 Å². The molecule has 0 bridgehead atoms. The fourth-order valence-corrected chi connectivity index (χ4v) is 2.63. The fourth-order valence-electron chi connectivity index (χ4n) is 1.62. The first-order valence-electron chi connectivity index (χ1n) is 4.55. The van der Waals surface area contributed by atoms with Crippen molar-refractivity contribution in [1.82, 2.24) is 14.5 Å². The molecule has 1 N–H and O–H groups in total. The summed E-state index contributed by atoms with van der Waals surface area (Å²) >= 11 is 0. The highest BCUT2D eigenvalue weighted by atomic mass is 32.2. The Bertz CT molecular complexity index is 449. The smallest absolute Gasteiger partial charge is 0.214 e. The van der Waals surface area contributed by atoms with E-state index in [1.165, 1.54) is 4.31 Å². The van der Waals surface area contributed by atoms with Gasteiger partial charge in [0.1, 0.15) is 0 Å². The molecule has 0 saturated carbocycles. The second kappa shape index (κ2) is 3.06. The minimum atomic E-state index is -3.07. The number of aryl methyl sites for hydroxylation is 1. The normalized spacial score (nSPS) is 17.3. The average Bonchev–Trinajstić information content (AvgIpc) is 2.69. The molecule has 0 amide bonds. The van der Waals surface area contributed by atoms with Gasteiger partial charge < -0.3 is 0 Å². The summed E-state index contributed by atoms with van der Waals surface area (Å²) in [7, 11) is -3.07. The molecule has 1 aliphatic heterocycles. The molecule has 0 aromatic carbocycles. The predicted molar refractivity (Wildman–Crippen MR) is 52.0 cm³/mol. The number of aromatic amines is 1. The van der Waals surface area contributed by atoms with E-state index >= 15 is 0 Å². The molecule has 1 aromatic rings. The number of fused-ring (bicyclic) bond motifs is 1. The zero-order valence-electron chi connectivity index (χ0n) is 8.24. The standard InChI is InChI=1S/C8H13N3O2S/c1-3-14(12,13)11-4-7-6(2)9-10-8(7)5-11/h3-5H2,1-2H3,(H,9,10). The molecule has 1 aromatic heterocycles. The summed E-state index contributed by atoms with van der Waals surface area (Å²) in [6.45, 7) is 4.45. The largest absolute Gasteiger partial charge is 0.282 e. The summed E-state index contributed by atoms with van der Waals surface area (Å²) in [4.78, 5) is 0. The van der Waals surface area contributed by atoms with Crippen molar-refractivity contribution in [3.63, 3.8) is 0 Å². The maximum absolute atomic E-state index is 11.6. The Labute approximate surface area is 83.2 Å². The van der Waals surface area contributed by atoms with Crippen molar-refractivity contribution < 1.29 is 8.42 Å². The van der Waals surface area contributed by atoms with E-state index in [0.29, 0.717) is 13.1 Å². The van der Waals surface area contributed by atoms with Crippen molar-refractivity contribution in [2.75, 3.05) is 5.75 Å². The van der Waals surface area contributed by atoms with Crippen molar-refractivity contribution in [1.29, 1.82) is 0 Å². The maximum atomic E-state index is 11.6. The number of aromatic nitrogens is 2. The van der Waals surface area contributed by atoms with E-state index in [1.54, 1.807) is 6.92 Å². The molecular formula is C8H13N3O2S. The molecule has 5 nitrogen and oxygen atoms in total. The van der Waals surface area contributed by atoms with Crippen LogP contribution in [0.2, 0.25) is 0 Å². The van der Waals surface area contributed by atoms with Crippen LogP contribution in [0.3, 0.4) is 0 Å². The predicted octanol–water partition coefficient (Wildman–Crippen LogP) is 0.383. The van der Waals surface area contributed by atoms with Crippen LogP contribution in [0.15, 0.2) is 0 Å². The molecule has 14 heavy (non-hydrogen) atoms. The van der Waals surface area contributed by atoms with E-state index < -0.39 is 10.0 Å². The SMILES string of the molecule is CCS(=O)(=O)N1Cc2n[nH]c(C)c2C1. The minimum Gasteiger partial charge on any atom is -0.282 e. The van der Waals surface area contributed by atoms with Gasteiger partial charge in [0, 0.05) is 17.8 Å². The Kier molecular flexibility index (Phi) is 2.11. The Morgan fingerprint density at radius 3 is 2.79 bits per heavy atom. The van der Waals surface area contributed by atoms with Crippen molar-refractivity contribution in [2.24, 2.45) is 0 Å². The van der Waals surface area contributed by atoms with Crippen molar-refractivity contribution in [2.45, 2.75) is 26.9 Å². The number of hydrogen-bond acceptors (Lipinski definition) is 3. The molecule has 2 rings (SSSR count). The van der Waals surface area contributed by atoms with Gasteiger partial charge in [-0.15, -0.1) is 0 Å². The maximum Gasteiger partial charge on any atom is 0.214 e. The average molecular weight is 215 g/mol. The van der Waals surface area contributed by atoms with Gasteiger partial charge in [-0.05, 0) is 13.8 Å². The first-order valence-corrected chi connectivity index (χ1v) is 6.16. The van der Waals surface area contributed by atoms with Crippen LogP contribution in [0.4, 0.5) is 0 Å². The van der Waals surface area contributed by atoms with Crippen LogP contribution in [0, 0.1) is 6.92 Å². The third-order valence-corrected chi connectivity index (χ3v) is 4.35. The molecule has 2 heterocycles. The van der Waals surface area contributed by atoms with Crippen molar-refractivity contribution in [3.8, 4) is 0 Å². The monoisotopic (exact) mass is 215 g/mol. The molecule has 6 heteroatoms. The Balaban J connectivity index is 2.28. The van der Waals surface area contributed by atoms with Crippen LogP contribution >= 0.6 is 0 Å². The zero-order chi connectivity index (χ0) is 10.3. The lowest BCUT2D eigenvalue weighted by molar-refractivity contribution is 0.427. The summed E-state index contributed by atoms with van der Waals surface area (Å²) in [5, 5.41) is 6.92. The number of nitrogens with one attached hydrogen (secondary N) is 1. The first-order chi connectivity index (χ1) is 6.54. The van der Waals surface area contributed by atoms with E-state index in [-0.39, 0.29) is 5.75 Å². The molecule has 0 radical (unpaired) electrons. The zero-order valence-corrected chi connectivity index (χ0v) is 9.06. The summed E-state index contributed by atoms with van der Waals surface area (Å²) in [6, 6.07) is 0. The van der Waals surface area contributed by atoms with Crippen LogP contribution in [0.25, 0.3) is 0 Å². The van der Waals surface area contributed by atoms with Gasteiger partial charge in [-0.25, -0.2) is 8.42 Å². The lowest BCUT2D eigenvalue weighted by atomic mass is 10.2. The van der Waals surface area contributed by atoms with Gasteiger partial charge in [-0.3, -0.25) is 5.10 Å². The van der Waals surface area contributed by atoms with Crippen LogP contribution in [0.1, 0.15) is 23.9 Å². The summed E-state index contributed by atoms with van der Waals surface area (Å²) in [6.07, 6.45) is 0. The van der Waals surface area contributed by atoms with E-state index in [0.717, 1.165) is 17.0 Å².